The highest BCUT2D eigenvalue weighted by Crippen LogP contribution is 1.95. The molecule has 0 aliphatic carbocycles. The molecule has 1 atom stereocenters. The van der Waals surface area contributed by atoms with Crippen molar-refractivity contribution in [3.05, 3.63) is 6.92 Å². The quantitative estimate of drug-likeness (QED) is 0.550. The molecule has 0 aromatic carbocycles. The maximum Gasteiger partial charge on any atom is 0.225 e. The van der Waals surface area contributed by atoms with Gasteiger partial charge in [0.2, 0.25) is 10.0 Å². The highest BCUT2D eigenvalue weighted by molar-refractivity contribution is 7.89. The van der Waals surface area contributed by atoms with Crippen LogP contribution in [0.1, 0.15) is 0 Å². The summed E-state index contributed by atoms with van der Waals surface area (Å²) in [6, 6.07) is 0. The number of hydrogen-bond donors (Lipinski definition) is 1. The van der Waals surface area contributed by atoms with Crippen molar-refractivity contribution < 1.29 is 8.42 Å². The minimum absolute atomic E-state index is 0.850. The van der Waals surface area contributed by atoms with Crippen LogP contribution in [-0.2, 0) is 10.0 Å². The van der Waals surface area contributed by atoms with Gasteiger partial charge in [0.15, 0.2) is 0 Å². The third kappa shape index (κ3) is 2.78. The van der Waals surface area contributed by atoms with E-state index in [1.165, 1.54) is 4.90 Å². The Morgan fingerprint density at radius 1 is 1.56 bits per heavy atom. The summed E-state index contributed by atoms with van der Waals surface area (Å²) < 4.78 is 20.9. The van der Waals surface area contributed by atoms with Crippen molar-refractivity contribution in [2.45, 2.75) is 5.37 Å². The van der Waals surface area contributed by atoms with Crippen LogP contribution in [0.5, 0.6) is 0 Å². The van der Waals surface area contributed by atoms with Gasteiger partial charge in [0.05, 0.1) is 0 Å². The van der Waals surface area contributed by atoms with Gasteiger partial charge in [-0.15, -0.1) is 0 Å². The maximum atomic E-state index is 10.4. The molecular weight excluding hydrogens is 140 g/mol. The van der Waals surface area contributed by atoms with E-state index in [0.29, 0.717) is 0 Å². The van der Waals surface area contributed by atoms with Gasteiger partial charge in [-0.2, -0.15) is 0 Å². The number of hydrogen-bond acceptors (Lipinski definition) is 3. The Labute approximate surface area is 55.7 Å². The molecule has 0 rings (SSSR count). The molecule has 4 nitrogen and oxygen atoms in total. The summed E-state index contributed by atoms with van der Waals surface area (Å²) in [6.45, 7) is 3.32. The zero-order chi connectivity index (χ0) is 7.65. The van der Waals surface area contributed by atoms with Crippen molar-refractivity contribution in [2.75, 3.05) is 14.1 Å². The standard InChI is InChI=1S/C4H11N2O2S/c1-4(6(2)3)9(5,7)8/h4H,1H2,2-3H3,(H2,5,7,8). The SMILES string of the molecule is [CH2]C(N(C)C)S(N)(=O)=O. The molecule has 0 bridgehead atoms. The Hall–Kier alpha value is -0.130. The van der Waals surface area contributed by atoms with Crippen LogP contribution in [0.2, 0.25) is 0 Å². The van der Waals surface area contributed by atoms with Gasteiger partial charge in [-0.05, 0) is 21.0 Å². The Balaban J connectivity index is 4.24. The lowest BCUT2D eigenvalue weighted by Gasteiger charge is -2.16. The zero-order valence-corrected chi connectivity index (χ0v) is 6.35. The second kappa shape index (κ2) is 2.64. The molecule has 0 amide bonds. The van der Waals surface area contributed by atoms with Crippen molar-refractivity contribution in [1.29, 1.82) is 0 Å². The van der Waals surface area contributed by atoms with E-state index in [1.807, 2.05) is 0 Å². The van der Waals surface area contributed by atoms with Crippen molar-refractivity contribution >= 4 is 10.0 Å². The minimum Gasteiger partial charge on any atom is -0.292 e. The Morgan fingerprint density at radius 3 is 1.89 bits per heavy atom. The van der Waals surface area contributed by atoms with Gasteiger partial charge in [-0.25, -0.2) is 13.6 Å². The molecule has 5 heteroatoms. The van der Waals surface area contributed by atoms with Crippen molar-refractivity contribution in [3.63, 3.8) is 0 Å². The number of nitrogens with two attached hydrogens (primary N) is 1. The normalized spacial score (nSPS) is 16.1. The largest absolute Gasteiger partial charge is 0.292 e. The molecule has 0 saturated heterocycles. The first kappa shape index (κ1) is 8.87. The maximum absolute atomic E-state index is 10.4. The van der Waals surface area contributed by atoms with Gasteiger partial charge in [0, 0.05) is 0 Å². The molecule has 9 heavy (non-hydrogen) atoms. The van der Waals surface area contributed by atoms with Gasteiger partial charge >= 0.3 is 0 Å². The molecule has 0 aliphatic rings. The molecule has 55 valence electrons. The smallest absolute Gasteiger partial charge is 0.225 e. The summed E-state index contributed by atoms with van der Waals surface area (Å²) in [5, 5.41) is 3.90. The molecule has 2 N–H and O–H groups in total. The first-order valence-electron chi connectivity index (χ1n) is 2.37. The van der Waals surface area contributed by atoms with Crippen LogP contribution in [0.25, 0.3) is 0 Å². The van der Waals surface area contributed by atoms with E-state index in [2.05, 4.69) is 6.92 Å². The Morgan fingerprint density at radius 2 is 1.89 bits per heavy atom. The molecule has 0 spiro atoms. The van der Waals surface area contributed by atoms with E-state index in [1.54, 1.807) is 14.1 Å². The Bertz CT molecular complexity index is 173. The van der Waals surface area contributed by atoms with Gasteiger partial charge in [0.25, 0.3) is 0 Å². The molecule has 1 unspecified atom stereocenters. The predicted octanol–water partition coefficient (Wildman–Crippen LogP) is -1.00. The lowest BCUT2D eigenvalue weighted by molar-refractivity contribution is 0.404. The van der Waals surface area contributed by atoms with Crippen molar-refractivity contribution in [2.24, 2.45) is 5.14 Å². The molecule has 0 heterocycles. The molecule has 0 aromatic heterocycles. The minimum atomic E-state index is -3.49. The van der Waals surface area contributed by atoms with Crippen LogP contribution in [0.3, 0.4) is 0 Å². The summed E-state index contributed by atoms with van der Waals surface area (Å²) in [5.74, 6) is 0. The van der Waals surface area contributed by atoms with Crippen molar-refractivity contribution in [1.82, 2.24) is 4.90 Å². The van der Waals surface area contributed by atoms with E-state index in [4.69, 9.17) is 5.14 Å². The van der Waals surface area contributed by atoms with Gasteiger partial charge in [-0.3, -0.25) is 4.90 Å². The van der Waals surface area contributed by atoms with E-state index in [9.17, 15) is 8.42 Å². The second-order valence-electron chi connectivity index (χ2n) is 2.01. The van der Waals surface area contributed by atoms with E-state index >= 15 is 0 Å². The topological polar surface area (TPSA) is 63.4 Å². The van der Waals surface area contributed by atoms with Crippen LogP contribution >= 0.6 is 0 Å². The number of rotatable bonds is 2. The highest BCUT2D eigenvalue weighted by Gasteiger charge is 2.16. The monoisotopic (exact) mass is 151 g/mol. The summed E-state index contributed by atoms with van der Waals surface area (Å²) in [6.07, 6.45) is 0. The number of primary sulfonamides is 1. The fourth-order valence-corrected chi connectivity index (χ4v) is 0.882. The van der Waals surface area contributed by atoms with Gasteiger partial charge in [0.1, 0.15) is 5.37 Å². The highest BCUT2D eigenvalue weighted by atomic mass is 32.2. The summed E-state index contributed by atoms with van der Waals surface area (Å²) in [5.41, 5.74) is 0. The number of nitrogens with zero attached hydrogens (tertiary/aromatic N) is 1. The summed E-state index contributed by atoms with van der Waals surface area (Å²) in [7, 11) is -0.289. The average Bonchev–Trinajstić information content (AvgIpc) is 1.62. The third-order valence-corrected chi connectivity index (χ3v) is 2.14. The fraction of sp³-hybridized carbons (Fsp3) is 0.750. The van der Waals surface area contributed by atoms with Crippen LogP contribution in [-0.4, -0.2) is 32.8 Å². The third-order valence-electron chi connectivity index (χ3n) is 0.955. The molecule has 0 fully saturated rings. The molecule has 1 radical (unpaired) electrons. The summed E-state index contributed by atoms with van der Waals surface area (Å²) in [4.78, 5) is 1.43. The van der Waals surface area contributed by atoms with Crippen LogP contribution in [0.4, 0.5) is 0 Å². The average molecular weight is 151 g/mol. The first-order chi connectivity index (χ1) is 3.85. The number of sulfonamides is 1. The molecule has 0 aromatic rings. The second-order valence-corrected chi connectivity index (χ2v) is 3.73. The van der Waals surface area contributed by atoms with Gasteiger partial charge < -0.3 is 0 Å². The molecular formula is C4H11N2O2S. The van der Waals surface area contributed by atoms with E-state index in [0.717, 1.165) is 0 Å². The first-order valence-corrected chi connectivity index (χ1v) is 3.98. The lowest BCUT2D eigenvalue weighted by Crippen LogP contribution is -2.37. The van der Waals surface area contributed by atoms with Crippen LogP contribution in [0, 0.1) is 6.92 Å². The summed E-state index contributed by atoms with van der Waals surface area (Å²) >= 11 is 0. The van der Waals surface area contributed by atoms with Crippen LogP contribution in [0.15, 0.2) is 0 Å². The van der Waals surface area contributed by atoms with E-state index < -0.39 is 15.4 Å². The molecule has 0 saturated carbocycles. The van der Waals surface area contributed by atoms with Gasteiger partial charge in [-0.1, -0.05) is 0 Å². The van der Waals surface area contributed by atoms with Crippen molar-refractivity contribution in [3.8, 4) is 0 Å². The lowest BCUT2D eigenvalue weighted by atomic mass is 10.7. The molecule has 0 aliphatic heterocycles. The fourth-order valence-electron chi connectivity index (χ4n) is 0.294. The zero-order valence-electron chi connectivity index (χ0n) is 5.53. The van der Waals surface area contributed by atoms with E-state index in [-0.39, 0.29) is 0 Å². The van der Waals surface area contributed by atoms with Crippen LogP contribution < -0.4 is 5.14 Å². The Kier molecular flexibility index (Phi) is 2.60. The predicted molar refractivity (Wildman–Crippen MR) is 35.9 cm³/mol.